The molecule has 4 rings (SSSR count). The van der Waals surface area contributed by atoms with Crippen LogP contribution in [0.15, 0.2) is 43.0 Å². The first kappa shape index (κ1) is 21.6. The highest BCUT2D eigenvalue weighted by molar-refractivity contribution is 5.95. The molecule has 3 unspecified atom stereocenters. The predicted molar refractivity (Wildman–Crippen MR) is 110 cm³/mol. The van der Waals surface area contributed by atoms with Crippen molar-refractivity contribution in [3.05, 3.63) is 48.5 Å². The third-order valence-corrected chi connectivity index (χ3v) is 4.93. The Hall–Kier alpha value is -3.61. The molecule has 12 nitrogen and oxygen atoms in total. The summed E-state index contributed by atoms with van der Waals surface area (Å²) in [6, 6.07) is 9.72. The number of aromatic nitrogens is 4. The average Bonchev–Trinajstić information content (AvgIpc) is 3.34. The molecule has 1 saturated heterocycles. The quantitative estimate of drug-likeness (QED) is 0.419. The first-order valence-corrected chi connectivity index (χ1v) is 9.94. The molecular weight excluding hydrogens is 420 g/mol. The minimum absolute atomic E-state index is 0.0693. The largest absolute Gasteiger partial charge is 0.450 e. The van der Waals surface area contributed by atoms with Gasteiger partial charge in [0.25, 0.3) is 5.91 Å². The summed E-state index contributed by atoms with van der Waals surface area (Å²) in [5.41, 5.74) is 1.80. The maximum absolute atomic E-state index is 12.3. The van der Waals surface area contributed by atoms with Gasteiger partial charge in [-0.2, -0.15) is 0 Å². The summed E-state index contributed by atoms with van der Waals surface area (Å²) in [6.07, 6.45) is -3.97. The van der Waals surface area contributed by atoms with Crippen molar-refractivity contribution in [3.63, 3.8) is 0 Å². The number of anilines is 1. The van der Waals surface area contributed by atoms with Crippen molar-refractivity contribution < 1.29 is 29.3 Å². The topological polar surface area (TPSA) is 161 Å². The van der Waals surface area contributed by atoms with E-state index < -0.39 is 36.5 Å². The Morgan fingerprint density at radius 2 is 1.94 bits per heavy atom. The van der Waals surface area contributed by atoms with Gasteiger partial charge in [-0.1, -0.05) is 30.3 Å². The first-order valence-electron chi connectivity index (χ1n) is 9.94. The van der Waals surface area contributed by atoms with Gasteiger partial charge in [-0.15, -0.1) is 0 Å². The van der Waals surface area contributed by atoms with Crippen molar-refractivity contribution in [2.45, 2.75) is 38.0 Å². The third-order valence-electron chi connectivity index (χ3n) is 4.93. The summed E-state index contributed by atoms with van der Waals surface area (Å²) in [7, 11) is 0. The molecule has 1 aliphatic heterocycles. The average molecular weight is 442 g/mol. The molecule has 4 atom stereocenters. The number of rotatable bonds is 6. The van der Waals surface area contributed by atoms with E-state index in [2.05, 4.69) is 25.0 Å². The van der Waals surface area contributed by atoms with Gasteiger partial charge >= 0.3 is 6.09 Å². The van der Waals surface area contributed by atoms with Gasteiger partial charge in [0.05, 0.1) is 12.9 Å². The van der Waals surface area contributed by atoms with Gasteiger partial charge < -0.3 is 25.0 Å². The van der Waals surface area contributed by atoms with E-state index in [1.807, 2.05) is 35.6 Å². The van der Waals surface area contributed by atoms with Crippen LogP contribution in [-0.4, -0.2) is 66.7 Å². The lowest BCUT2D eigenvalue weighted by atomic mass is 10.1. The summed E-state index contributed by atoms with van der Waals surface area (Å²) >= 11 is 0. The molecule has 3 aromatic rings. The number of carbonyl (C=O) groups is 2. The number of nitrogens with one attached hydrogen (secondary N) is 2. The molecular formula is C20H22N6O6. The Labute approximate surface area is 182 Å². The summed E-state index contributed by atoms with van der Waals surface area (Å²) in [5, 5.41) is 26.0. The van der Waals surface area contributed by atoms with Gasteiger partial charge in [0, 0.05) is 6.54 Å². The Kier molecular flexibility index (Phi) is 6.25. The lowest BCUT2D eigenvalue weighted by molar-refractivity contribution is -0.136. The van der Waals surface area contributed by atoms with Crippen molar-refractivity contribution in [2.75, 3.05) is 11.9 Å². The molecule has 2 amide bonds. The standard InChI is InChI=1S/C20H22N6O6/c1-2-31-20(30)25-18(29)15-13(27)14(28)19(32-15)26-10-24-12-16(22-9-23-17(12)26)21-8-11-6-4-3-5-7-11/h3-7,9-10,13-15,19,27-28H,2,8H2,1H3,(H,21,22,23)(H,25,29,30)/t13?,14?,15?,19-/m1/s1. The van der Waals surface area contributed by atoms with Gasteiger partial charge in [-0.05, 0) is 12.5 Å². The second-order valence-corrected chi connectivity index (χ2v) is 7.02. The van der Waals surface area contributed by atoms with Crippen LogP contribution in [0.25, 0.3) is 11.2 Å². The highest BCUT2D eigenvalue weighted by Crippen LogP contribution is 2.32. The number of nitrogens with zero attached hydrogens (tertiary/aromatic N) is 4. The van der Waals surface area contributed by atoms with E-state index in [0.29, 0.717) is 23.5 Å². The number of alkyl carbamates (subject to hydrolysis) is 1. The fourth-order valence-electron chi connectivity index (χ4n) is 3.39. The number of fused-ring (bicyclic) bond motifs is 1. The Morgan fingerprint density at radius 3 is 2.69 bits per heavy atom. The van der Waals surface area contributed by atoms with Gasteiger partial charge in [0.1, 0.15) is 18.5 Å². The molecule has 0 saturated carbocycles. The molecule has 32 heavy (non-hydrogen) atoms. The Balaban J connectivity index is 1.53. The summed E-state index contributed by atoms with van der Waals surface area (Å²) in [4.78, 5) is 36.5. The van der Waals surface area contributed by atoms with Crippen LogP contribution in [0.2, 0.25) is 0 Å². The number of imidazole rings is 1. The van der Waals surface area contributed by atoms with Crippen molar-refractivity contribution >= 4 is 29.0 Å². The van der Waals surface area contributed by atoms with Crippen LogP contribution in [-0.2, 0) is 20.8 Å². The molecule has 0 radical (unpaired) electrons. The molecule has 2 aromatic heterocycles. The number of hydrogen-bond acceptors (Lipinski definition) is 10. The second-order valence-electron chi connectivity index (χ2n) is 7.02. The van der Waals surface area contributed by atoms with Crippen molar-refractivity contribution in [3.8, 4) is 0 Å². The highest BCUT2D eigenvalue weighted by Gasteiger charge is 2.48. The Morgan fingerprint density at radius 1 is 1.16 bits per heavy atom. The SMILES string of the molecule is CCOC(=O)NC(=O)C1O[C@@H](n2cnc3c(NCc4ccccc4)ncnc32)C(O)C1O. The van der Waals surface area contributed by atoms with Crippen LogP contribution in [0.3, 0.4) is 0 Å². The molecule has 0 aliphatic carbocycles. The number of aliphatic hydroxyl groups excluding tert-OH is 2. The number of carbonyl (C=O) groups excluding carboxylic acids is 2. The summed E-state index contributed by atoms with van der Waals surface area (Å²) < 4.78 is 11.6. The zero-order valence-electron chi connectivity index (χ0n) is 17.1. The van der Waals surface area contributed by atoms with E-state index in [4.69, 9.17) is 4.74 Å². The number of aliphatic hydroxyl groups is 2. The monoisotopic (exact) mass is 442 g/mol. The van der Waals surface area contributed by atoms with Crippen LogP contribution in [0.5, 0.6) is 0 Å². The fraction of sp³-hybridized carbons (Fsp3) is 0.350. The number of benzene rings is 1. The molecule has 1 aliphatic rings. The normalized spacial score (nSPS) is 22.6. The highest BCUT2D eigenvalue weighted by atomic mass is 16.6. The molecule has 0 bridgehead atoms. The van der Waals surface area contributed by atoms with Crippen molar-refractivity contribution in [1.82, 2.24) is 24.8 Å². The molecule has 1 aromatic carbocycles. The molecule has 3 heterocycles. The van der Waals surface area contributed by atoms with Crippen molar-refractivity contribution in [2.24, 2.45) is 0 Å². The first-order chi connectivity index (χ1) is 15.5. The minimum atomic E-state index is -1.58. The van der Waals surface area contributed by atoms with Gasteiger partial charge in [-0.25, -0.2) is 19.7 Å². The summed E-state index contributed by atoms with van der Waals surface area (Å²) in [6.45, 7) is 2.16. The Bertz CT molecular complexity index is 1110. The molecule has 0 spiro atoms. The van der Waals surface area contributed by atoms with Gasteiger partial charge in [-0.3, -0.25) is 14.7 Å². The minimum Gasteiger partial charge on any atom is -0.450 e. The number of ether oxygens (including phenoxy) is 2. The smallest absolute Gasteiger partial charge is 0.413 e. The molecule has 168 valence electrons. The number of amides is 2. The molecule has 4 N–H and O–H groups in total. The molecule has 12 heteroatoms. The van der Waals surface area contributed by atoms with Crippen LogP contribution in [0.1, 0.15) is 18.7 Å². The molecule has 1 fully saturated rings. The zero-order chi connectivity index (χ0) is 22.7. The summed E-state index contributed by atoms with van der Waals surface area (Å²) in [5.74, 6) is -0.455. The number of imide groups is 1. The van der Waals surface area contributed by atoms with Crippen molar-refractivity contribution in [1.29, 1.82) is 0 Å². The van der Waals surface area contributed by atoms with E-state index in [-0.39, 0.29) is 6.61 Å². The maximum atomic E-state index is 12.3. The van der Waals surface area contributed by atoms with E-state index in [0.717, 1.165) is 5.56 Å². The fourth-order valence-corrected chi connectivity index (χ4v) is 3.39. The number of hydrogen-bond donors (Lipinski definition) is 4. The second kappa shape index (κ2) is 9.26. The van der Waals surface area contributed by atoms with Crippen LogP contribution < -0.4 is 10.6 Å². The van der Waals surface area contributed by atoms with E-state index >= 15 is 0 Å². The predicted octanol–water partition coefficient (Wildman–Crippen LogP) is 0.330. The third kappa shape index (κ3) is 4.23. The van der Waals surface area contributed by atoms with Crippen LogP contribution >= 0.6 is 0 Å². The van der Waals surface area contributed by atoms with E-state index in [9.17, 15) is 19.8 Å². The van der Waals surface area contributed by atoms with Crippen LogP contribution in [0.4, 0.5) is 10.6 Å². The lowest BCUT2D eigenvalue weighted by Crippen LogP contribution is -2.45. The zero-order valence-corrected chi connectivity index (χ0v) is 17.1. The van der Waals surface area contributed by atoms with Crippen LogP contribution in [0, 0.1) is 0 Å². The van der Waals surface area contributed by atoms with E-state index in [1.165, 1.54) is 17.2 Å². The lowest BCUT2D eigenvalue weighted by Gasteiger charge is -2.16. The van der Waals surface area contributed by atoms with Gasteiger partial charge in [0.2, 0.25) is 0 Å². The van der Waals surface area contributed by atoms with E-state index in [1.54, 1.807) is 6.92 Å². The maximum Gasteiger partial charge on any atom is 0.413 e. The van der Waals surface area contributed by atoms with Gasteiger partial charge in [0.15, 0.2) is 29.3 Å².